The fourth-order valence-electron chi connectivity index (χ4n) is 3.83. The summed E-state index contributed by atoms with van der Waals surface area (Å²) >= 11 is 1.83. The summed E-state index contributed by atoms with van der Waals surface area (Å²) < 4.78 is 8.57. The monoisotopic (exact) mass is 404 g/mol. The third kappa shape index (κ3) is 2.81. The standard InChI is InChI=1S/C26H16N2OS/c1-2-8-17(9-3-1)25-27-28-26(29-25)19-11-6-10-18(16-19)20-13-7-14-22-21-12-4-5-15-23(21)30-24(20)22/h1-16H. The number of hydrogen-bond acceptors (Lipinski definition) is 4. The molecule has 0 N–H and O–H groups in total. The van der Waals surface area contributed by atoms with Crippen molar-refractivity contribution < 1.29 is 4.42 Å². The maximum Gasteiger partial charge on any atom is 0.248 e. The van der Waals surface area contributed by atoms with Crippen molar-refractivity contribution in [3.63, 3.8) is 0 Å². The lowest BCUT2D eigenvalue weighted by atomic mass is 10.0. The van der Waals surface area contributed by atoms with Crippen LogP contribution in [0.1, 0.15) is 0 Å². The van der Waals surface area contributed by atoms with Gasteiger partial charge in [-0.1, -0.05) is 66.7 Å². The summed E-state index contributed by atoms with van der Waals surface area (Å²) in [6.07, 6.45) is 0. The van der Waals surface area contributed by atoms with Gasteiger partial charge in [-0.05, 0) is 41.5 Å². The van der Waals surface area contributed by atoms with Gasteiger partial charge < -0.3 is 4.42 Å². The largest absolute Gasteiger partial charge is 0.416 e. The fraction of sp³-hybridized carbons (Fsp3) is 0. The van der Waals surface area contributed by atoms with Gasteiger partial charge in [0.25, 0.3) is 0 Å². The number of rotatable bonds is 3. The van der Waals surface area contributed by atoms with Crippen molar-refractivity contribution in [2.45, 2.75) is 0 Å². The first-order valence-electron chi connectivity index (χ1n) is 9.77. The maximum atomic E-state index is 5.96. The molecule has 0 radical (unpaired) electrons. The highest BCUT2D eigenvalue weighted by Gasteiger charge is 2.13. The fourth-order valence-corrected chi connectivity index (χ4v) is 5.07. The average Bonchev–Trinajstić information content (AvgIpc) is 3.45. The zero-order valence-corrected chi connectivity index (χ0v) is 16.8. The van der Waals surface area contributed by atoms with Crippen molar-refractivity contribution in [2.75, 3.05) is 0 Å². The molecule has 30 heavy (non-hydrogen) atoms. The van der Waals surface area contributed by atoms with Crippen LogP contribution in [0.2, 0.25) is 0 Å². The Bertz CT molecular complexity index is 1500. The lowest BCUT2D eigenvalue weighted by molar-refractivity contribution is 0.584. The summed E-state index contributed by atoms with van der Waals surface area (Å²) in [6, 6.07) is 33.2. The van der Waals surface area contributed by atoms with Gasteiger partial charge in [0, 0.05) is 31.3 Å². The van der Waals surface area contributed by atoms with E-state index in [1.54, 1.807) is 0 Å². The molecule has 0 bridgehead atoms. The van der Waals surface area contributed by atoms with Crippen LogP contribution in [0.5, 0.6) is 0 Å². The van der Waals surface area contributed by atoms with E-state index < -0.39 is 0 Å². The number of fused-ring (bicyclic) bond motifs is 3. The van der Waals surface area contributed by atoms with E-state index in [1.807, 2.05) is 53.8 Å². The van der Waals surface area contributed by atoms with E-state index in [0.717, 1.165) is 16.7 Å². The van der Waals surface area contributed by atoms with Crippen molar-refractivity contribution in [2.24, 2.45) is 0 Å². The summed E-state index contributed by atoms with van der Waals surface area (Å²) in [5.41, 5.74) is 4.20. The van der Waals surface area contributed by atoms with E-state index in [-0.39, 0.29) is 0 Å². The van der Waals surface area contributed by atoms with Gasteiger partial charge in [-0.25, -0.2) is 0 Å². The smallest absolute Gasteiger partial charge is 0.248 e. The second kappa shape index (κ2) is 6.94. The van der Waals surface area contributed by atoms with Gasteiger partial charge in [-0.2, -0.15) is 0 Å². The normalized spacial score (nSPS) is 11.3. The van der Waals surface area contributed by atoms with Crippen LogP contribution in [0.15, 0.2) is 101 Å². The minimum atomic E-state index is 0.527. The van der Waals surface area contributed by atoms with Crippen LogP contribution in [-0.4, -0.2) is 10.2 Å². The number of nitrogens with zero attached hydrogens (tertiary/aromatic N) is 2. The highest BCUT2D eigenvalue weighted by molar-refractivity contribution is 7.26. The third-order valence-corrected chi connectivity index (χ3v) is 6.49. The Hall–Kier alpha value is -3.76. The SMILES string of the molecule is c1ccc(-c2nnc(-c3cccc(-c4cccc5c4sc4ccccc45)c3)o2)cc1. The molecular weight excluding hydrogens is 388 g/mol. The zero-order valence-electron chi connectivity index (χ0n) is 15.9. The number of aromatic nitrogens is 2. The van der Waals surface area contributed by atoms with Crippen molar-refractivity contribution in [1.29, 1.82) is 0 Å². The highest BCUT2D eigenvalue weighted by atomic mass is 32.1. The second-order valence-corrected chi connectivity index (χ2v) is 8.19. The lowest BCUT2D eigenvalue weighted by Gasteiger charge is -2.05. The third-order valence-electron chi connectivity index (χ3n) is 5.27. The molecule has 0 atom stereocenters. The summed E-state index contributed by atoms with van der Waals surface area (Å²) in [4.78, 5) is 0. The molecule has 2 aromatic heterocycles. The minimum absolute atomic E-state index is 0.527. The average molecular weight is 404 g/mol. The van der Waals surface area contributed by atoms with Crippen LogP contribution in [-0.2, 0) is 0 Å². The molecule has 6 aromatic rings. The summed E-state index contributed by atoms with van der Waals surface area (Å²) in [7, 11) is 0. The lowest BCUT2D eigenvalue weighted by Crippen LogP contribution is -1.82. The van der Waals surface area contributed by atoms with E-state index in [2.05, 4.69) is 64.8 Å². The van der Waals surface area contributed by atoms with Gasteiger partial charge in [0.1, 0.15) is 0 Å². The molecule has 0 saturated carbocycles. The quantitative estimate of drug-likeness (QED) is 0.308. The molecule has 3 nitrogen and oxygen atoms in total. The van der Waals surface area contributed by atoms with Crippen molar-refractivity contribution >= 4 is 31.5 Å². The zero-order chi connectivity index (χ0) is 19.9. The van der Waals surface area contributed by atoms with Crippen molar-refractivity contribution in [3.05, 3.63) is 97.1 Å². The predicted octanol–water partition coefficient (Wildman–Crippen LogP) is 7.44. The number of benzene rings is 4. The van der Waals surface area contributed by atoms with Crippen LogP contribution < -0.4 is 0 Å². The molecular formula is C26H16N2OS. The molecule has 0 spiro atoms. The molecule has 0 aliphatic carbocycles. The van der Waals surface area contributed by atoms with Gasteiger partial charge >= 0.3 is 0 Å². The van der Waals surface area contributed by atoms with Crippen LogP contribution >= 0.6 is 11.3 Å². The molecule has 0 amide bonds. The molecule has 4 heteroatoms. The van der Waals surface area contributed by atoms with Gasteiger partial charge in [0.05, 0.1) is 0 Å². The Labute approximate surface area is 177 Å². The molecule has 0 fully saturated rings. The molecule has 2 heterocycles. The highest BCUT2D eigenvalue weighted by Crippen LogP contribution is 2.40. The van der Waals surface area contributed by atoms with Crippen LogP contribution in [0.4, 0.5) is 0 Å². The molecule has 0 aliphatic heterocycles. The Morgan fingerprint density at radius 2 is 1.23 bits per heavy atom. The van der Waals surface area contributed by atoms with Crippen LogP contribution in [0.3, 0.4) is 0 Å². The Morgan fingerprint density at radius 3 is 2.13 bits per heavy atom. The first-order chi connectivity index (χ1) is 14.9. The second-order valence-electron chi connectivity index (χ2n) is 7.14. The molecule has 0 saturated heterocycles. The van der Waals surface area contributed by atoms with Gasteiger partial charge in [-0.3, -0.25) is 0 Å². The molecule has 4 aromatic carbocycles. The number of thiophene rings is 1. The van der Waals surface area contributed by atoms with E-state index in [4.69, 9.17) is 4.42 Å². The Balaban J connectivity index is 1.46. The Kier molecular flexibility index (Phi) is 3.96. The van der Waals surface area contributed by atoms with E-state index in [0.29, 0.717) is 11.8 Å². The predicted molar refractivity (Wildman–Crippen MR) is 123 cm³/mol. The summed E-state index contributed by atoms with van der Waals surface area (Å²) in [5.74, 6) is 1.06. The van der Waals surface area contributed by atoms with Gasteiger partial charge in [0.15, 0.2) is 0 Å². The van der Waals surface area contributed by atoms with Crippen LogP contribution in [0, 0.1) is 0 Å². The van der Waals surface area contributed by atoms with Crippen molar-refractivity contribution in [1.82, 2.24) is 10.2 Å². The molecule has 0 unspecified atom stereocenters. The van der Waals surface area contributed by atoms with E-state index in [1.165, 1.54) is 25.7 Å². The van der Waals surface area contributed by atoms with Crippen molar-refractivity contribution in [3.8, 4) is 34.0 Å². The summed E-state index contributed by atoms with van der Waals surface area (Å²) in [5, 5.41) is 11.1. The molecule has 142 valence electrons. The first-order valence-corrected chi connectivity index (χ1v) is 10.6. The molecule has 6 rings (SSSR count). The maximum absolute atomic E-state index is 5.96. The van der Waals surface area contributed by atoms with Gasteiger partial charge in [0.2, 0.25) is 11.8 Å². The topological polar surface area (TPSA) is 38.9 Å². The van der Waals surface area contributed by atoms with E-state index in [9.17, 15) is 0 Å². The number of hydrogen-bond donors (Lipinski definition) is 0. The summed E-state index contributed by atoms with van der Waals surface area (Å²) in [6.45, 7) is 0. The van der Waals surface area contributed by atoms with Crippen LogP contribution in [0.25, 0.3) is 54.2 Å². The molecule has 0 aliphatic rings. The van der Waals surface area contributed by atoms with E-state index >= 15 is 0 Å². The van der Waals surface area contributed by atoms with Gasteiger partial charge in [-0.15, -0.1) is 21.5 Å². The Morgan fingerprint density at radius 1 is 0.567 bits per heavy atom. The minimum Gasteiger partial charge on any atom is -0.416 e. The first kappa shape index (κ1) is 17.1.